The van der Waals surface area contributed by atoms with Gasteiger partial charge in [-0.15, -0.1) is 0 Å². The van der Waals surface area contributed by atoms with Crippen LogP contribution in [0.3, 0.4) is 0 Å². The van der Waals surface area contributed by atoms with Gasteiger partial charge in [0, 0.05) is 37.4 Å². The summed E-state index contributed by atoms with van der Waals surface area (Å²) in [5, 5.41) is 0. The molecule has 27 heavy (non-hydrogen) atoms. The largest absolute Gasteiger partial charge is 0.296 e. The van der Waals surface area contributed by atoms with Crippen LogP contribution in [-0.2, 0) is 13.0 Å². The molecule has 1 fully saturated rings. The van der Waals surface area contributed by atoms with Crippen LogP contribution in [0, 0.1) is 5.92 Å². The lowest BCUT2D eigenvalue weighted by Crippen LogP contribution is -2.48. The third-order valence-electron chi connectivity index (χ3n) is 6.50. The highest BCUT2D eigenvalue weighted by Gasteiger charge is 2.40. The van der Waals surface area contributed by atoms with E-state index in [4.69, 9.17) is 0 Å². The van der Waals surface area contributed by atoms with Crippen LogP contribution in [0.15, 0.2) is 79.1 Å². The van der Waals surface area contributed by atoms with Crippen molar-refractivity contribution in [2.75, 3.05) is 6.54 Å². The van der Waals surface area contributed by atoms with E-state index in [0.29, 0.717) is 5.92 Å². The maximum atomic E-state index is 4.29. The lowest BCUT2D eigenvalue weighted by molar-refractivity contribution is 0.0597. The normalized spacial score (nSPS) is 22.3. The summed E-state index contributed by atoms with van der Waals surface area (Å²) in [6.07, 6.45) is 7.73. The van der Waals surface area contributed by atoms with Crippen LogP contribution in [0.25, 0.3) is 0 Å². The second-order valence-electron chi connectivity index (χ2n) is 8.05. The average molecular weight is 354 g/mol. The fourth-order valence-electron chi connectivity index (χ4n) is 4.97. The lowest BCUT2D eigenvalue weighted by Gasteiger charge is -2.47. The summed E-state index contributed by atoms with van der Waals surface area (Å²) in [7, 11) is 0. The van der Waals surface area contributed by atoms with Crippen molar-refractivity contribution in [3.63, 3.8) is 0 Å². The molecule has 0 spiro atoms. The zero-order chi connectivity index (χ0) is 18.1. The Bertz CT molecular complexity index is 845. The number of rotatable bonds is 4. The van der Waals surface area contributed by atoms with Crippen molar-refractivity contribution in [2.24, 2.45) is 5.92 Å². The molecule has 2 heterocycles. The molecule has 0 radical (unpaired) electrons. The van der Waals surface area contributed by atoms with Gasteiger partial charge in [0.05, 0.1) is 0 Å². The Morgan fingerprint density at radius 3 is 2.15 bits per heavy atom. The van der Waals surface area contributed by atoms with E-state index in [-0.39, 0.29) is 0 Å². The van der Waals surface area contributed by atoms with E-state index in [9.17, 15) is 0 Å². The zero-order valence-corrected chi connectivity index (χ0v) is 15.7. The minimum Gasteiger partial charge on any atom is -0.296 e. The molecule has 0 bridgehead atoms. The summed E-state index contributed by atoms with van der Waals surface area (Å²) in [4.78, 5) is 6.99. The standard InChI is InChI=1S/C25H26N2/c1-3-7-19(8-4-1)25(20-9-5-2-6-10-20)23-15-24(16-23)27-14-12-21-17-26-13-11-22(21)18-27/h1-11,13,17,23-25H,12,14-16,18H2. The third-order valence-corrected chi connectivity index (χ3v) is 6.50. The minimum absolute atomic E-state index is 0.518. The molecule has 0 unspecified atom stereocenters. The first-order valence-electron chi connectivity index (χ1n) is 10.1. The molecule has 1 aliphatic heterocycles. The Morgan fingerprint density at radius 2 is 1.48 bits per heavy atom. The van der Waals surface area contributed by atoms with Crippen LogP contribution in [0.1, 0.15) is 41.0 Å². The fraction of sp³-hybridized carbons (Fsp3) is 0.320. The quantitative estimate of drug-likeness (QED) is 0.652. The second kappa shape index (κ2) is 7.28. The smallest absolute Gasteiger partial charge is 0.0303 e. The molecule has 1 aliphatic carbocycles. The van der Waals surface area contributed by atoms with Gasteiger partial charge in [-0.2, -0.15) is 0 Å². The molecule has 2 nitrogen and oxygen atoms in total. The van der Waals surface area contributed by atoms with Crippen LogP contribution < -0.4 is 0 Å². The van der Waals surface area contributed by atoms with Gasteiger partial charge in [-0.05, 0) is 53.5 Å². The molecule has 3 aromatic rings. The third kappa shape index (κ3) is 3.30. The highest BCUT2D eigenvalue weighted by atomic mass is 15.2. The molecule has 5 rings (SSSR count). The number of fused-ring (bicyclic) bond motifs is 1. The van der Waals surface area contributed by atoms with Crippen molar-refractivity contribution in [1.29, 1.82) is 0 Å². The van der Waals surface area contributed by atoms with E-state index in [1.807, 2.05) is 6.20 Å². The maximum absolute atomic E-state index is 4.29. The van der Waals surface area contributed by atoms with Gasteiger partial charge in [0.1, 0.15) is 0 Å². The van der Waals surface area contributed by atoms with E-state index in [1.54, 1.807) is 0 Å². The Balaban J connectivity index is 1.32. The van der Waals surface area contributed by atoms with E-state index >= 15 is 0 Å². The van der Waals surface area contributed by atoms with Gasteiger partial charge in [0.2, 0.25) is 0 Å². The number of benzene rings is 2. The van der Waals surface area contributed by atoms with E-state index in [1.165, 1.54) is 41.6 Å². The van der Waals surface area contributed by atoms with Crippen LogP contribution in [0.4, 0.5) is 0 Å². The van der Waals surface area contributed by atoms with Crippen LogP contribution in [0.2, 0.25) is 0 Å². The van der Waals surface area contributed by atoms with Crippen LogP contribution >= 0.6 is 0 Å². The number of hydrogen-bond donors (Lipinski definition) is 0. The van der Waals surface area contributed by atoms with Crippen LogP contribution in [0.5, 0.6) is 0 Å². The monoisotopic (exact) mass is 354 g/mol. The number of hydrogen-bond acceptors (Lipinski definition) is 2. The molecule has 0 saturated heterocycles. The summed E-state index contributed by atoms with van der Waals surface area (Å²) in [6.45, 7) is 2.27. The second-order valence-corrected chi connectivity index (χ2v) is 8.05. The highest BCUT2D eigenvalue weighted by molar-refractivity contribution is 5.34. The molecule has 2 heteroatoms. The van der Waals surface area contributed by atoms with Crippen molar-refractivity contribution in [1.82, 2.24) is 9.88 Å². The first-order chi connectivity index (χ1) is 13.4. The topological polar surface area (TPSA) is 16.1 Å². The molecule has 0 amide bonds. The summed E-state index contributed by atoms with van der Waals surface area (Å²) >= 11 is 0. The zero-order valence-electron chi connectivity index (χ0n) is 15.7. The number of nitrogens with zero attached hydrogens (tertiary/aromatic N) is 2. The molecule has 2 aromatic carbocycles. The summed E-state index contributed by atoms with van der Waals surface area (Å²) in [5.74, 6) is 1.25. The Labute approximate surface area is 161 Å². The molecular weight excluding hydrogens is 328 g/mol. The van der Waals surface area contributed by atoms with Gasteiger partial charge in [-0.25, -0.2) is 0 Å². The first kappa shape index (κ1) is 16.7. The average Bonchev–Trinajstić information content (AvgIpc) is 2.71. The summed E-state index contributed by atoms with van der Waals surface area (Å²) in [5.41, 5.74) is 5.84. The minimum atomic E-state index is 0.518. The molecule has 0 N–H and O–H groups in total. The molecule has 2 aliphatic rings. The number of aromatic nitrogens is 1. The molecule has 1 aromatic heterocycles. The van der Waals surface area contributed by atoms with Gasteiger partial charge in [0.25, 0.3) is 0 Å². The highest BCUT2D eigenvalue weighted by Crippen LogP contribution is 2.45. The Kier molecular flexibility index (Phi) is 4.51. The number of pyridine rings is 1. The van der Waals surface area contributed by atoms with Crippen molar-refractivity contribution in [2.45, 2.75) is 37.8 Å². The van der Waals surface area contributed by atoms with E-state index < -0.39 is 0 Å². The van der Waals surface area contributed by atoms with Crippen molar-refractivity contribution in [3.05, 3.63) is 101 Å². The molecule has 136 valence electrons. The van der Waals surface area contributed by atoms with Crippen molar-refractivity contribution >= 4 is 0 Å². The maximum Gasteiger partial charge on any atom is 0.0303 e. The molecule has 0 atom stereocenters. The molecular formula is C25H26N2. The van der Waals surface area contributed by atoms with Crippen LogP contribution in [-0.4, -0.2) is 22.5 Å². The van der Waals surface area contributed by atoms with E-state index in [2.05, 4.69) is 82.8 Å². The van der Waals surface area contributed by atoms with Gasteiger partial charge in [0.15, 0.2) is 0 Å². The van der Waals surface area contributed by atoms with Gasteiger partial charge < -0.3 is 0 Å². The Morgan fingerprint density at radius 1 is 0.815 bits per heavy atom. The first-order valence-corrected chi connectivity index (χ1v) is 10.1. The van der Waals surface area contributed by atoms with Crippen molar-refractivity contribution in [3.8, 4) is 0 Å². The summed E-state index contributed by atoms with van der Waals surface area (Å²) < 4.78 is 0. The fourth-order valence-corrected chi connectivity index (χ4v) is 4.97. The Hall–Kier alpha value is -2.45. The van der Waals surface area contributed by atoms with Gasteiger partial charge in [-0.1, -0.05) is 60.7 Å². The predicted molar refractivity (Wildman–Crippen MR) is 110 cm³/mol. The predicted octanol–water partition coefficient (Wildman–Crippen LogP) is 5.05. The van der Waals surface area contributed by atoms with Crippen molar-refractivity contribution < 1.29 is 0 Å². The summed E-state index contributed by atoms with van der Waals surface area (Å²) in [6, 6.07) is 25.1. The van der Waals surface area contributed by atoms with Gasteiger partial charge >= 0.3 is 0 Å². The lowest BCUT2D eigenvalue weighted by atomic mass is 9.67. The molecule has 1 saturated carbocycles. The SMILES string of the molecule is c1ccc(C(c2ccccc2)C2CC(N3CCc4cnccc4C3)C2)cc1. The van der Waals surface area contributed by atoms with Gasteiger partial charge in [-0.3, -0.25) is 9.88 Å². The van der Waals surface area contributed by atoms with E-state index in [0.717, 1.165) is 24.9 Å².